The van der Waals surface area contributed by atoms with Crippen LogP contribution in [0.25, 0.3) is 0 Å². The molecule has 7 nitrogen and oxygen atoms in total. The van der Waals surface area contributed by atoms with Crippen LogP contribution in [0, 0.1) is 0 Å². The topological polar surface area (TPSA) is 109 Å². The van der Waals surface area contributed by atoms with Crippen LogP contribution in [0.15, 0.2) is 77.7 Å². The van der Waals surface area contributed by atoms with E-state index in [1.807, 2.05) is 6.07 Å². The summed E-state index contributed by atoms with van der Waals surface area (Å²) in [6, 6.07) is 19.8. The van der Waals surface area contributed by atoms with Crippen molar-refractivity contribution in [2.24, 2.45) is 0 Å². The van der Waals surface area contributed by atoms with E-state index in [4.69, 9.17) is 5.11 Å². The summed E-state index contributed by atoms with van der Waals surface area (Å²) >= 11 is 0.896. The number of Topliss-reactive ketones (excluding diaryl/α,β-unsaturated/α-hetero) is 2. The Labute approximate surface area is 177 Å². The van der Waals surface area contributed by atoms with E-state index >= 15 is 0 Å². The molecule has 2 aromatic carbocycles. The van der Waals surface area contributed by atoms with Crippen LogP contribution >= 0.6 is 11.3 Å². The molecule has 1 aromatic heterocycles. The highest BCUT2D eigenvalue weighted by Gasteiger charge is 2.27. The quantitative estimate of drug-likeness (QED) is 0.309. The molecule has 154 valence electrons. The van der Waals surface area contributed by atoms with Crippen LogP contribution in [-0.4, -0.2) is 31.1 Å². The zero-order valence-corrected chi connectivity index (χ0v) is 17.2. The highest BCUT2D eigenvalue weighted by atomic mass is 32.2. The molecular weight excluding hydrogens is 426 g/mol. The Morgan fingerprint density at radius 1 is 0.867 bits per heavy atom. The molecule has 0 aliphatic rings. The van der Waals surface area contributed by atoms with Crippen LogP contribution < -0.4 is 4.31 Å². The zero-order valence-electron chi connectivity index (χ0n) is 15.6. The molecule has 0 spiro atoms. The Morgan fingerprint density at radius 3 is 2.07 bits per heavy atom. The monoisotopic (exact) mass is 443 g/mol. The second-order valence-corrected chi connectivity index (χ2v) is 9.20. The van der Waals surface area contributed by atoms with Crippen molar-refractivity contribution in [3.8, 4) is 0 Å². The molecule has 3 rings (SSSR count). The summed E-state index contributed by atoms with van der Waals surface area (Å²) in [5, 5.41) is 8.97. The van der Waals surface area contributed by atoms with Crippen molar-refractivity contribution in [3.63, 3.8) is 0 Å². The van der Waals surface area contributed by atoms with Gasteiger partial charge in [0.05, 0.1) is 22.7 Å². The average molecular weight is 444 g/mol. The molecule has 0 radical (unpaired) electrons. The van der Waals surface area contributed by atoms with Gasteiger partial charge in [0.15, 0.2) is 5.78 Å². The number of anilines is 1. The van der Waals surface area contributed by atoms with E-state index < -0.39 is 34.0 Å². The number of carboxylic acids is 1. The van der Waals surface area contributed by atoms with E-state index in [1.165, 1.54) is 28.6 Å². The normalized spacial score (nSPS) is 11.1. The lowest BCUT2D eigenvalue weighted by atomic mass is 10.2. The van der Waals surface area contributed by atoms with Crippen molar-refractivity contribution in [2.75, 3.05) is 4.31 Å². The lowest BCUT2D eigenvalue weighted by Gasteiger charge is -2.23. The number of nitrogens with zero attached hydrogens (tertiary/aromatic N) is 1. The third-order valence-electron chi connectivity index (χ3n) is 4.17. The SMILES string of the molecule is O=C(O)C(=O)CC(=O)c1ccc(N(Cc2ccccc2)S(=O)(=O)c2ccccc2)s1. The molecule has 0 aliphatic carbocycles. The standard InChI is InChI=1S/C21H17NO6S2/c23-17(13-18(24)21(25)26)19-11-12-20(29-19)22(14-15-7-3-1-4-8-15)30(27,28)16-9-5-2-6-10-16/h1-12H,13-14H2,(H,25,26). The van der Waals surface area contributed by atoms with Crippen LogP contribution in [0.1, 0.15) is 21.7 Å². The van der Waals surface area contributed by atoms with E-state index in [0.29, 0.717) is 0 Å². The summed E-state index contributed by atoms with van der Waals surface area (Å²) in [7, 11) is -3.93. The Morgan fingerprint density at radius 2 is 1.47 bits per heavy atom. The number of sulfonamides is 1. The molecule has 1 heterocycles. The van der Waals surface area contributed by atoms with Gasteiger partial charge in [0.2, 0.25) is 5.78 Å². The van der Waals surface area contributed by atoms with Gasteiger partial charge >= 0.3 is 5.97 Å². The van der Waals surface area contributed by atoms with E-state index in [9.17, 15) is 22.8 Å². The summed E-state index contributed by atoms with van der Waals surface area (Å²) in [5.74, 6) is -3.57. The number of rotatable bonds is 9. The molecule has 0 bridgehead atoms. The lowest BCUT2D eigenvalue weighted by Crippen LogP contribution is -2.29. The lowest BCUT2D eigenvalue weighted by molar-refractivity contribution is -0.148. The van der Waals surface area contributed by atoms with Crippen LogP contribution in [0.2, 0.25) is 0 Å². The molecule has 9 heteroatoms. The van der Waals surface area contributed by atoms with E-state index in [0.717, 1.165) is 16.9 Å². The number of thiophene rings is 1. The first-order valence-electron chi connectivity index (χ1n) is 8.80. The number of aliphatic carboxylic acids is 1. The molecule has 1 N–H and O–H groups in total. The number of hydrogen-bond donors (Lipinski definition) is 1. The smallest absolute Gasteiger partial charge is 0.372 e. The van der Waals surface area contributed by atoms with E-state index in [-0.39, 0.29) is 21.3 Å². The Balaban J connectivity index is 1.97. The predicted octanol–water partition coefficient (Wildman–Crippen LogP) is 3.37. The predicted molar refractivity (Wildman–Crippen MR) is 112 cm³/mol. The number of benzene rings is 2. The van der Waals surface area contributed by atoms with Crippen molar-refractivity contribution >= 4 is 43.9 Å². The first-order valence-corrected chi connectivity index (χ1v) is 11.1. The molecule has 0 atom stereocenters. The fourth-order valence-electron chi connectivity index (χ4n) is 2.67. The molecular formula is C21H17NO6S2. The van der Waals surface area contributed by atoms with Crippen molar-refractivity contribution in [2.45, 2.75) is 17.9 Å². The third kappa shape index (κ3) is 4.81. The minimum absolute atomic E-state index is 0.0419. The van der Waals surface area contributed by atoms with E-state index in [2.05, 4.69) is 0 Å². The summed E-state index contributed by atoms with van der Waals surface area (Å²) < 4.78 is 27.8. The fourth-order valence-corrected chi connectivity index (χ4v) is 5.30. The first-order chi connectivity index (χ1) is 14.3. The van der Waals surface area contributed by atoms with Gasteiger partial charge in [-0.05, 0) is 29.8 Å². The largest absolute Gasteiger partial charge is 0.475 e. The summed E-state index contributed by atoms with van der Waals surface area (Å²) in [6.45, 7) is 0.0419. The van der Waals surface area contributed by atoms with Gasteiger partial charge in [0.1, 0.15) is 5.00 Å². The Bertz CT molecular complexity index is 1170. The molecule has 3 aromatic rings. The maximum Gasteiger partial charge on any atom is 0.372 e. The number of hydrogen-bond acceptors (Lipinski definition) is 6. The first kappa shape index (κ1) is 21.4. The molecule has 30 heavy (non-hydrogen) atoms. The van der Waals surface area contributed by atoms with Gasteiger partial charge in [-0.1, -0.05) is 48.5 Å². The van der Waals surface area contributed by atoms with Gasteiger partial charge in [0, 0.05) is 0 Å². The van der Waals surface area contributed by atoms with Gasteiger partial charge in [-0.25, -0.2) is 13.2 Å². The van der Waals surface area contributed by atoms with Gasteiger partial charge in [-0.15, -0.1) is 11.3 Å². The van der Waals surface area contributed by atoms with Crippen molar-refractivity contribution < 1.29 is 27.9 Å². The number of carboxylic acid groups (broad SMARTS) is 1. The molecule has 0 unspecified atom stereocenters. The maximum absolute atomic E-state index is 13.3. The van der Waals surface area contributed by atoms with Crippen molar-refractivity contribution in [1.82, 2.24) is 0 Å². The Kier molecular flexibility index (Phi) is 6.43. The second kappa shape index (κ2) is 9.02. The zero-order chi connectivity index (χ0) is 21.7. The minimum atomic E-state index is -3.93. The van der Waals surface area contributed by atoms with Crippen LogP contribution in [0.5, 0.6) is 0 Å². The summed E-state index contributed by atoms with van der Waals surface area (Å²) in [5.41, 5.74) is 0.749. The van der Waals surface area contributed by atoms with Crippen LogP contribution in [0.4, 0.5) is 5.00 Å². The average Bonchev–Trinajstić information content (AvgIpc) is 3.23. The van der Waals surface area contributed by atoms with Crippen LogP contribution in [-0.2, 0) is 26.2 Å². The molecule has 0 amide bonds. The molecule has 0 saturated heterocycles. The van der Waals surface area contributed by atoms with Gasteiger partial charge in [0.25, 0.3) is 10.0 Å². The molecule has 0 saturated carbocycles. The summed E-state index contributed by atoms with van der Waals surface area (Å²) in [6.07, 6.45) is -0.778. The number of ketones is 2. The van der Waals surface area contributed by atoms with Gasteiger partial charge < -0.3 is 5.11 Å². The van der Waals surface area contributed by atoms with Gasteiger partial charge in [-0.2, -0.15) is 0 Å². The molecule has 0 fully saturated rings. The number of carbonyl (C=O) groups excluding carboxylic acids is 2. The van der Waals surface area contributed by atoms with Crippen LogP contribution in [0.3, 0.4) is 0 Å². The minimum Gasteiger partial charge on any atom is -0.475 e. The Hall–Kier alpha value is -3.30. The number of carbonyl (C=O) groups is 3. The maximum atomic E-state index is 13.3. The fraction of sp³-hybridized carbons (Fsp3) is 0.0952. The van der Waals surface area contributed by atoms with Gasteiger partial charge in [-0.3, -0.25) is 13.9 Å². The van der Waals surface area contributed by atoms with Crippen molar-refractivity contribution in [3.05, 3.63) is 83.2 Å². The second-order valence-electron chi connectivity index (χ2n) is 6.28. The highest BCUT2D eigenvalue weighted by Crippen LogP contribution is 2.33. The molecule has 0 aliphatic heterocycles. The third-order valence-corrected chi connectivity index (χ3v) is 7.21. The highest BCUT2D eigenvalue weighted by molar-refractivity contribution is 7.93. The van der Waals surface area contributed by atoms with Crippen molar-refractivity contribution in [1.29, 1.82) is 0 Å². The summed E-state index contributed by atoms with van der Waals surface area (Å²) in [4.78, 5) is 34.5. The van der Waals surface area contributed by atoms with E-state index in [1.54, 1.807) is 42.5 Å².